The van der Waals surface area contributed by atoms with E-state index in [9.17, 15) is 14.4 Å². The fraction of sp³-hybridized carbons (Fsp3) is 0.190. The number of aromatic amines is 1. The van der Waals surface area contributed by atoms with Gasteiger partial charge in [-0.25, -0.2) is 4.79 Å². The van der Waals surface area contributed by atoms with Gasteiger partial charge in [-0.15, -0.1) is 0 Å². The smallest absolute Gasteiger partial charge is 0.340 e. The van der Waals surface area contributed by atoms with E-state index in [1.807, 2.05) is 49.4 Å². The van der Waals surface area contributed by atoms with E-state index in [0.717, 1.165) is 28.6 Å². The van der Waals surface area contributed by atoms with Crippen molar-refractivity contribution in [2.45, 2.75) is 13.3 Å². The van der Waals surface area contributed by atoms with Crippen molar-refractivity contribution in [3.63, 3.8) is 0 Å². The highest BCUT2D eigenvalue weighted by Gasteiger charge is 2.15. The predicted octanol–water partition coefficient (Wildman–Crippen LogP) is 2.64. The molecule has 0 atom stereocenters. The lowest BCUT2D eigenvalue weighted by molar-refractivity contribution is -0.126. The molecule has 28 heavy (non-hydrogen) atoms. The Morgan fingerprint density at radius 1 is 1.00 bits per heavy atom. The van der Waals surface area contributed by atoms with Crippen LogP contribution in [0.4, 0.5) is 5.69 Å². The van der Waals surface area contributed by atoms with Gasteiger partial charge < -0.3 is 20.4 Å². The maximum atomic E-state index is 12.2. The minimum absolute atomic E-state index is 0.207. The number of para-hydroxylation sites is 2. The Labute approximate surface area is 162 Å². The Kier molecular flexibility index (Phi) is 6.06. The van der Waals surface area contributed by atoms with Gasteiger partial charge in [0.15, 0.2) is 6.61 Å². The quantitative estimate of drug-likeness (QED) is 0.550. The van der Waals surface area contributed by atoms with Crippen LogP contribution in [0.3, 0.4) is 0 Å². The van der Waals surface area contributed by atoms with Crippen LogP contribution in [0.1, 0.15) is 22.8 Å². The molecule has 3 N–H and O–H groups in total. The zero-order valence-electron chi connectivity index (χ0n) is 15.5. The van der Waals surface area contributed by atoms with Gasteiger partial charge in [0.1, 0.15) is 0 Å². The molecular weight excluding hydrogens is 358 g/mol. The van der Waals surface area contributed by atoms with Gasteiger partial charge in [0, 0.05) is 22.8 Å². The second-order valence-corrected chi connectivity index (χ2v) is 6.16. The van der Waals surface area contributed by atoms with Crippen LogP contribution in [-0.2, 0) is 20.7 Å². The monoisotopic (exact) mass is 379 g/mol. The van der Waals surface area contributed by atoms with Gasteiger partial charge >= 0.3 is 5.97 Å². The topological polar surface area (TPSA) is 100 Å². The molecule has 2 amide bonds. The van der Waals surface area contributed by atoms with Crippen molar-refractivity contribution in [3.05, 3.63) is 65.9 Å². The van der Waals surface area contributed by atoms with Crippen molar-refractivity contribution in [1.82, 2.24) is 10.3 Å². The Balaban J connectivity index is 1.46. The SMILES string of the molecule is CCc1ccccc1NC(=O)CNC(=O)COC(=O)c1c[nH]c2ccccc12. The first kappa shape index (κ1) is 19.2. The number of fused-ring (bicyclic) bond motifs is 1. The minimum atomic E-state index is -0.603. The van der Waals surface area contributed by atoms with Gasteiger partial charge in [0.05, 0.1) is 12.1 Å². The summed E-state index contributed by atoms with van der Waals surface area (Å²) in [6.45, 7) is 1.33. The Bertz CT molecular complexity index is 1010. The van der Waals surface area contributed by atoms with Crippen LogP contribution in [-0.4, -0.2) is 35.9 Å². The molecule has 0 aliphatic carbocycles. The molecule has 3 aromatic rings. The average Bonchev–Trinajstić information content (AvgIpc) is 3.15. The van der Waals surface area contributed by atoms with E-state index >= 15 is 0 Å². The Hall–Kier alpha value is -3.61. The first-order valence-corrected chi connectivity index (χ1v) is 8.96. The number of benzene rings is 2. The molecule has 3 rings (SSSR count). The molecule has 0 spiro atoms. The standard InChI is InChI=1S/C21H21N3O4/c1-2-14-7-3-5-9-17(14)24-19(25)12-23-20(26)13-28-21(27)16-11-22-18-10-6-4-8-15(16)18/h3-11,22H,2,12-13H2,1H3,(H,23,26)(H,24,25). The highest BCUT2D eigenvalue weighted by molar-refractivity contribution is 6.04. The van der Waals surface area contributed by atoms with E-state index in [0.29, 0.717) is 5.56 Å². The number of amides is 2. The molecule has 1 aromatic heterocycles. The molecular formula is C21H21N3O4. The number of nitrogens with one attached hydrogen (secondary N) is 3. The number of H-pyrrole nitrogens is 1. The largest absolute Gasteiger partial charge is 0.452 e. The summed E-state index contributed by atoms with van der Waals surface area (Å²) in [5.41, 5.74) is 2.89. The third-order valence-electron chi connectivity index (χ3n) is 4.26. The summed E-state index contributed by atoms with van der Waals surface area (Å²) in [6.07, 6.45) is 2.33. The first-order chi connectivity index (χ1) is 13.6. The maximum absolute atomic E-state index is 12.2. The van der Waals surface area contributed by atoms with Gasteiger partial charge in [-0.05, 0) is 24.1 Å². The van der Waals surface area contributed by atoms with Gasteiger partial charge in [-0.2, -0.15) is 0 Å². The fourth-order valence-electron chi connectivity index (χ4n) is 2.82. The van der Waals surface area contributed by atoms with Gasteiger partial charge in [-0.1, -0.05) is 43.3 Å². The zero-order chi connectivity index (χ0) is 19.9. The van der Waals surface area contributed by atoms with Crippen molar-refractivity contribution >= 4 is 34.4 Å². The number of anilines is 1. The fourth-order valence-corrected chi connectivity index (χ4v) is 2.82. The summed E-state index contributed by atoms with van der Waals surface area (Å²) in [5.74, 6) is -1.50. The van der Waals surface area contributed by atoms with Crippen molar-refractivity contribution in [2.75, 3.05) is 18.5 Å². The third kappa shape index (κ3) is 4.56. The summed E-state index contributed by atoms with van der Waals surface area (Å²) >= 11 is 0. The van der Waals surface area contributed by atoms with E-state index < -0.39 is 18.5 Å². The predicted molar refractivity (Wildman–Crippen MR) is 106 cm³/mol. The van der Waals surface area contributed by atoms with Crippen molar-refractivity contribution in [3.8, 4) is 0 Å². The molecule has 7 heteroatoms. The van der Waals surface area contributed by atoms with Crippen molar-refractivity contribution < 1.29 is 19.1 Å². The van der Waals surface area contributed by atoms with Crippen molar-refractivity contribution in [2.24, 2.45) is 0 Å². The normalized spacial score (nSPS) is 10.5. The zero-order valence-corrected chi connectivity index (χ0v) is 15.5. The first-order valence-electron chi connectivity index (χ1n) is 8.96. The molecule has 0 saturated heterocycles. The van der Waals surface area contributed by atoms with E-state index in [-0.39, 0.29) is 12.5 Å². The van der Waals surface area contributed by atoms with Gasteiger partial charge in [-0.3, -0.25) is 9.59 Å². The van der Waals surface area contributed by atoms with Crippen LogP contribution in [0.5, 0.6) is 0 Å². The molecule has 0 aliphatic heterocycles. The summed E-state index contributed by atoms with van der Waals surface area (Å²) in [5, 5.41) is 5.92. The highest BCUT2D eigenvalue weighted by Crippen LogP contribution is 2.18. The number of aryl methyl sites for hydroxylation is 1. The summed E-state index contributed by atoms with van der Waals surface area (Å²) in [7, 11) is 0. The molecule has 0 aliphatic rings. The maximum Gasteiger partial charge on any atom is 0.340 e. The second kappa shape index (κ2) is 8.85. The number of ether oxygens (including phenoxy) is 1. The molecule has 2 aromatic carbocycles. The number of hydrogen-bond acceptors (Lipinski definition) is 4. The Morgan fingerprint density at radius 3 is 2.57 bits per heavy atom. The molecule has 144 valence electrons. The van der Waals surface area contributed by atoms with Crippen LogP contribution < -0.4 is 10.6 Å². The molecule has 7 nitrogen and oxygen atoms in total. The number of aromatic nitrogens is 1. The molecule has 0 radical (unpaired) electrons. The van der Waals surface area contributed by atoms with Crippen molar-refractivity contribution in [1.29, 1.82) is 0 Å². The van der Waals surface area contributed by atoms with E-state index in [4.69, 9.17) is 4.74 Å². The second-order valence-electron chi connectivity index (χ2n) is 6.16. The Morgan fingerprint density at radius 2 is 1.75 bits per heavy atom. The average molecular weight is 379 g/mol. The van der Waals surface area contributed by atoms with Crippen LogP contribution in [0, 0.1) is 0 Å². The van der Waals surface area contributed by atoms with Gasteiger partial charge in [0.25, 0.3) is 5.91 Å². The minimum Gasteiger partial charge on any atom is -0.452 e. The number of rotatable bonds is 7. The molecule has 0 unspecified atom stereocenters. The van der Waals surface area contributed by atoms with E-state index in [2.05, 4.69) is 15.6 Å². The van der Waals surface area contributed by atoms with Crippen LogP contribution in [0.15, 0.2) is 54.7 Å². The highest BCUT2D eigenvalue weighted by atomic mass is 16.5. The van der Waals surface area contributed by atoms with E-state index in [1.165, 1.54) is 0 Å². The number of carbonyl (C=O) groups is 3. The number of hydrogen-bond donors (Lipinski definition) is 3. The summed E-state index contributed by atoms with van der Waals surface area (Å²) in [6, 6.07) is 14.8. The summed E-state index contributed by atoms with van der Waals surface area (Å²) in [4.78, 5) is 39.1. The molecule has 0 saturated carbocycles. The van der Waals surface area contributed by atoms with Crippen LogP contribution >= 0.6 is 0 Å². The molecule has 0 fully saturated rings. The van der Waals surface area contributed by atoms with Crippen LogP contribution in [0.25, 0.3) is 10.9 Å². The summed E-state index contributed by atoms with van der Waals surface area (Å²) < 4.78 is 5.04. The van der Waals surface area contributed by atoms with Crippen LogP contribution in [0.2, 0.25) is 0 Å². The van der Waals surface area contributed by atoms with Gasteiger partial charge in [0.2, 0.25) is 5.91 Å². The number of carbonyl (C=O) groups excluding carboxylic acids is 3. The van der Waals surface area contributed by atoms with E-state index in [1.54, 1.807) is 12.3 Å². The third-order valence-corrected chi connectivity index (χ3v) is 4.26. The lowest BCUT2D eigenvalue weighted by Crippen LogP contribution is -2.35. The molecule has 0 bridgehead atoms. The lowest BCUT2D eigenvalue weighted by atomic mass is 10.1. The lowest BCUT2D eigenvalue weighted by Gasteiger charge is -2.10. The number of esters is 1. The molecule has 1 heterocycles.